The van der Waals surface area contributed by atoms with E-state index in [1.807, 2.05) is 12.1 Å². The highest BCUT2D eigenvalue weighted by atomic mass is 32.2. The molecule has 0 aliphatic heterocycles. The van der Waals surface area contributed by atoms with Gasteiger partial charge in [-0.1, -0.05) is 32.4 Å². The van der Waals surface area contributed by atoms with Gasteiger partial charge >= 0.3 is 0 Å². The molecule has 0 radical (unpaired) electrons. The molecule has 1 aromatic rings. The third-order valence-electron chi connectivity index (χ3n) is 2.68. The largest absolute Gasteiger partial charge is 0.302 e. The molecule has 0 aliphatic carbocycles. The van der Waals surface area contributed by atoms with E-state index in [9.17, 15) is 4.21 Å². The summed E-state index contributed by atoms with van der Waals surface area (Å²) >= 11 is -1.86. The lowest BCUT2D eigenvalue weighted by atomic mass is 9.92. The molecule has 3 heteroatoms. The molecule has 1 N–H and O–H groups in total. The minimum atomic E-state index is -1.86. The van der Waals surface area contributed by atoms with Crippen molar-refractivity contribution in [2.24, 2.45) is 0 Å². The second-order valence-corrected chi connectivity index (χ2v) is 4.68. The van der Waals surface area contributed by atoms with Crippen molar-refractivity contribution in [2.75, 3.05) is 0 Å². The molecule has 0 saturated heterocycles. The van der Waals surface area contributed by atoms with Crippen LogP contribution in [0.15, 0.2) is 29.2 Å². The molecule has 84 valence electrons. The zero-order chi connectivity index (χ0) is 11.3. The third kappa shape index (κ3) is 3.43. The van der Waals surface area contributed by atoms with Crippen LogP contribution in [0.5, 0.6) is 0 Å². The molecule has 0 aliphatic rings. The highest BCUT2D eigenvalue weighted by Gasteiger charge is 2.08. The quantitative estimate of drug-likeness (QED) is 0.779. The molecule has 0 amide bonds. The molecule has 0 saturated carbocycles. The molecule has 15 heavy (non-hydrogen) atoms. The maximum atomic E-state index is 10.8. The first-order valence-corrected chi connectivity index (χ1v) is 6.50. The van der Waals surface area contributed by atoms with E-state index < -0.39 is 11.1 Å². The van der Waals surface area contributed by atoms with Gasteiger partial charge in [0.05, 0.1) is 4.90 Å². The summed E-state index contributed by atoms with van der Waals surface area (Å²) in [7, 11) is 0. The van der Waals surface area contributed by atoms with Gasteiger partial charge in [-0.2, -0.15) is 0 Å². The number of hydrogen-bond acceptors (Lipinski definition) is 1. The summed E-state index contributed by atoms with van der Waals surface area (Å²) in [4.78, 5) is 0.477. The van der Waals surface area contributed by atoms with Gasteiger partial charge in [-0.25, -0.2) is 4.21 Å². The number of benzene rings is 1. The van der Waals surface area contributed by atoms with Crippen molar-refractivity contribution in [3.05, 3.63) is 29.8 Å². The van der Waals surface area contributed by atoms with E-state index in [4.69, 9.17) is 4.55 Å². The van der Waals surface area contributed by atoms with Crippen molar-refractivity contribution in [1.82, 2.24) is 0 Å². The van der Waals surface area contributed by atoms with Crippen molar-refractivity contribution < 1.29 is 8.76 Å². The van der Waals surface area contributed by atoms with E-state index in [1.54, 1.807) is 12.1 Å². The molecule has 1 rings (SSSR count). The SMILES string of the molecule is CCCC(CC)c1ccc(S(=O)O)cc1. The van der Waals surface area contributed by atoms with Gasteiger partial charge in [-0.05, 0) is 36.5 Å². The van der Waals surface area contributed by atoms with Gasteiger partial charge < -0.3 is 4.55 Å². The van der Waals surface area contributed by atoms with Crippen LogP contribution in [0.3, 0.4) is 0 Å². The van der Waals surface area contributed by atoms with Crippen molar-refractivity contribution in [3.63, 3.8) is 0 Å². The second-order valence-electron chi connectivity index (χ2n) is 3.71. The van der Waals surface area contributed by atoms with Gasteiger partial charge in [0, 0.05) is 0 Å². The van der Waals surface area contributed by atoms with Gasteiger partial charge in [0.15, 0.2) is 11.1 Å². The van der Waals surface area contributed by atoms with Crippen LogP contribution in [-0.2, 0) is 11.1 Å². The Morgan fingerprint density at radius 3 is 2.27 bits per heavy atom. The number of rotatable bonds is 5. The van der Waals surface area contributed by atoms with Gasteiger partial charge in [-0.3, -0.25) is 0 Å². The molecule has 0 heterocycles. The lowest BCUT2D eigenvalue weighted by Crippen LogP contribution is -1.97. The Morgan fingerprint density at radius 1 is 1.27 bits per heavy atom. The molecular weight excluding hydrogens is 208 g/mol. The average molecular weight is 226 g/mol. The molecule has 0 fully saturated rings. The first-order chi connectivity index (χ1) is 7.19. The molecular formula is C12H18O2S. The van der Waals surface area contributed by atoms with Gasteiger partial charge in [-0.15, -0.1) is 0 Å². The smallest absolute Gasteiger partial charge is 0.186 e. The van der Waals surface area contributed by atoms with Crippen LogP contribution in [0.2, 0.25) is 0 Å². The van der Waals surface area contributed by atoms with Gasteiger partial charge in [0.2, 0.25) is 0 Å². The Kier molecular flexibility index (Phi) is 4.99. The van der Waals surface area contributed by atoms with Crippen LogP contribution in [0.4, 0.5) is 0 Å². The van der Waals surface area contributed by atoms with Gasteiger partial charge in [0.1, 0.15) is 0 Å². The normalized spacial score (nSPS) is 14.9. The summed E-state index contributed by atoms with van der Waals surface area (Å²) in [5.74, 6) is 0.580. The van der Waals surface area contributed by atoms with Crippen LogP contribution in [0, 0.1) is 0 Å². The van der Waals surface area contributed by atoms with E-state index >= 15 is 0 Å². The molecule has 0 aromatic heterocycles. The topological polar surface area (TPSA) is 37.3 Å². The van der Waals surface area contributed by atoms with E-state index in [1.165, 1.54) is 18.4 Å². The monoisotopic (exact) mass is 226 g/mol. The Labute approximate surface area is 94.0 Å². The fourth-order valence-corrected chi connectivity index (χ4v) is 2.18. The lowest BCUT2D eigenvalue weighted by molar-refractivity contribution is 0.564. The van der Waals surface area contributed by atoms with Crippen molar-refractivity contribution in [2.45, 2.75) is 43.9 Å². The lowest BCUT2D eigenvalue weighted by Gasteiger charge is -2.14. The van der Waals surface area contributed by atoms with Crippen molar-refractivity contribution >= 4 is 11.1 Å². The first kappa shape index (κ1) is 12.4. The Hall–Kier alpha value is -0.670. The standard InChI is InChI=1S/C12H18O2S/c1-3-5-10(4-2)11-6-8-12(9-7-11)15(13)14/h6-10H,3-5H2,1-2H3,(H,13,14). The van der Waals surface area contributed by atoms with Crippen LogP contribution < -0.4 is 0 Å². The summed E-state index contributed by atoms with van der Waals surface area (Å²) in [5.41, 5.74) is 1.27. The summed E-state index contributed by atoms with van der Waals surface area (Å²) < 4.78 is 19.7. The van der Waals surface area contributed by atoms with Crippen molar-refractivity contribution in [3.8, 4) is 0 Å². The Morgan fingerprint density at radius 2 is 1.87 bits per heavy atom. The maximum Gasteiger partial charge on any atom is 0.186 e. The zero-order valence-corrected chi connectivity index (χ0v) is 10.1. The molecule has 2 atom stereocenters. The summed E-state index contributed by atoms with van der Waals surface area (Å²) in [6.07, 6.45) is 3.47. The highest BCUT2D eigenvalue weighted by Crippen LogP contribution is 2.25. The van der Waals surface area contributed by atoms with Crippen LogP contribution in [-0.4, -0.2) is 8.76 Å². The van der Waals surface area contributed by atoms with E-state index in [-0.39, 0.29) is 0 Å². The minimum Gasteiger partial charge on any atom is -0.302 e. The van der Waals surface area contributed by atoms with E-state index in [0.717, 1.165) is 6.42 Å². The summed E-state index contributed by atoms with van der Waals surface area (Å²) in [6.45, 7) is 4.36. The Balaban J connectivity index is 2.81. The summed E-state index contributed by atoms with van der Waals surface area (Å²) in [6, 6.07) is 7.41. The van der Waals surface area contributed by atoms with Gasteiger partial charge in [0.25, 0.3) is 0 Å². The van der Waals surface area contributed by atoms with Crippen molar-refractivity contribution in [1.29, 1.82) is 0 Å². The van der Waals surface area contributed by atoms with Crippen LogP contribution in [0.1, 0.15) is 44.6 Å². The average Bonchev–Trinajstić information content (AvgIpc) is 2.26. The molecule has 0 bridgehead atoms. The second kappa shape index (κ2) is 6.03. The molecule has 1 aromatic carbocycles. The highest BCUT2D eigenvalue weighted by molar-refractivity contribution is 7.79. The van der Waals surface area contributed by atoms with E-state index in [0.29, 0.717) is 10.8 Å². The Bertz CT molecular complexity index is 319. The van der Waals surface area contributed by atoms with E-state index in [2.05, 4.69) is 13.8 Å². The number of hydrogen-bond donors (Lipinski definition) is 1. The minimum absolute atomic E-state index is 0.477. The predicted molar refractivity (Wildman–Crippen MR) is 63.4 cm³/mol. The molecule has 2 nitrogen and oxygen atoms in total. The fraction of sp³-hybridized carbons (Fsp3) is 0.500. The van der Waals surface area contributed by atoms with Crippen LogP contribution in [0.25, 0.3) is 0 Å². The summed E-state index contributed by atoms with van der Waals surface area (Å²) in [5, 5.41) is 0. The predicted octanol–water partition coefficient (Wildman–Crippen LogP) is 3.56. The first-order valence-electron chi connectivity index (χ1n) is 5.39. The zero-order valence-electron chi connectivity index (χ0n) is 9.27. The van der Waals surface area contributed by atoms with Crippen LogP contribution >= 0.6 is 0 Å². The molecule has 0 spiro atoms. The maximum absolute atomic E-state index is 10.8. The third-order valence-corrected chi connectivity index (χ3v) is 3.36. The molecule has 2 unspecified atom stereocenters. The fourth-order valence-electron chi connectivity index (χ4n) is 1.81.